The van der Waals surface area contributed by atoms with Gasteiger partial charge in [0.25, 0.3) is 0 Å². The van der Waals surface area contributed by atoms with Crippen molar-refractivity contribution in [1.29, 1.82) is 0 Å². The zero-order valence-corrected chi connectivity index (χ0v) is 11.6. The highest BCUT2D eigenvalue weighted by Gasteiger charge is 2.06. The third kappa shape index (κ3) is 5.02. The van der Waals surface area contributed by atoms with Gasteiger partial charge in [0.1, 0.15) is 5.75 Å². The van der Waals surface area contributed by atoms with Crippen LogP contribution in [0.2, 0.25) is 5.02 Å². The van der Waals surface area contributed by atoms with Gasteiger partial charge in [-0.15, -0.1) is 6.58 Å². The molecule has 2 nitrogen and oxygen atoms in total. The third-order valence-corrected chi connectivity index (χ3v) is 3.57. The van der Waals surface area contributed by atoms with Gasteiger partial charge in [-0.2, -0.15) is 11.8 Å². The van der Waals surface area contributed by atoms with Gasteiger partial charge < -0.3 is 10.1 Å². The average molecular weight is 272 g/mol. The van der Waals surface area contributed by atoms with Gasteiger partial charge in [-0.3, -0.25) is 0 Å². The number of hydrogen-bond donors (Lipinski definition) is 1. The minimum Gasteiger partial charge on any atom is -0.496 e. The molecule has 0 saturated heterocycles. The summed E-state index contributed by atoms with van der Waals surface area (Å²) in [5, 5.41) is 4.10. The maximum Gasteiger partial charge on any atom is 0.124 e. The minimum atomic E-state index is 0.734. The molecule has 0 atom stereocenters. The normalized spacial score (nSPS) is 10.2. The number of halogens is 1. The molecule has 0 bridgehead atoms. The van der Waals surface area contributed by atoms with Gasteiger partial charge in [0.05, 0.1) is 7.11 Å². The second kappa shape index (κ2) is 8.45. The summed E-state index contributed by atoms with van der Waals surface area (Å²) in [4.78, 5) is 0. The molecule has 0 amide bonds. The number of methoxy groups -OCH3 is 1. The first kappa shape index (κ1) is 14.4. The fourth-order valence-corrected chi connectivity index (χ4v) is 2.28. The summed E-state index contributed by atoms with van der Waals surface area (Å²) >= 11 is 7.99. The van der Waals surface area contributed by atoms with Crippen LogP contribution < -0.4 is 10.1 Å². The maximum absolute atomic E-state index is 6.13. The first-order valence-corrected chi connectivity index (χ1v) is 7.03. The van der Waals surface area contributed by atoms with Crippen molar-refractivity contribution in [3.05, 3.63) is 41.4 Å². The summed E-state index contributed by atoms with van der Waals surface area (Å²) in [6.07, 6.45) is 1.92. The Labute approximate surface area is 112 Å². The van der Waals surface area contributed by atoms with Crippen molar-refractivity contribution in [3.63, 3.8) is 0 Å². The lowest BCUT2D eigenvalue weighted by Crippen LogP contribution is -2.17. The zero-order valence-electron chi connectivity index (χ0n) is 10.0. The van der Waals surface area contributed by atoms with Crippen molar-refractivity contribution >= 4 is 23.4 Å². The molecular weight excluding hydrogens is 254 g/mol. The Kier molecular flexibility index (Phi) is 7.17. The lowest BCUT2D eigenvalue weighted by atomic mass is 10.2. The minimum absolute atomic E-state index is 0.734. The zero-order chi connectivity index (χ0) is 12.5. The Morgan fingerprint density at radius 1 is 1.53 bits per heavy atom. The monoisotopic (exact) mass is 271 g/mol. The summed E-state index contributed by atoms with van der Waals surface area (Å²) in [6.45, 7) is 5.37. The highest BCUT2D eigenvalue weighted by molar-refractivity contribution is 7.99. The summed E-state index contributed by atoms with van der Waals surface area (Å²) in [7, 11) is 1.66. The van der Waals surface area contributed by atoms with E-state index in [4.69, 9.17) is 16.3 Å². The quantitative estimate of drug-likeness (QED) is 0.579. The number of benzene rings is 1. The maximum atomic E-state index is 6.13. The van der Waals surface area contributed by atoms with Crippen molar-refractivity contribution < 1.29 is 4.74 Å². The summed E-state index contributed by atoms with van der Waals surface area (Å²) < 4.78 is 5.28. The SMILES string of the molecule is C=CCSCCNCc1c(Cl)cccc1OC. The van der Waals surface area contributed by atoms with E-state index in [0.29, 0.717) is 0 Å². The molecule has 0 radical (unpaired) electrons. The van der Waals surface area contributed by atoms with E-state index in [9.17, 15) is 0 Å². The Balaban J connectivity index is 2.38. The number of nitrogens with one attached hydrogen (secondary N) is 1. The summed E-state index contributed by atoms with van der Waals surface area (Å²) in [6, 6.07) is 5.70. The van der Waals surface area contributed by atoms with Gasteiger partial charge in [-0.1, -0.05) is 23.7 Å². The largest absolute Gasteiger partial charge is 0.496 e. The van der Waals surface area contributed by atoms with Gasteiger partial charge >= 0.3 is 0 Å². The Bertz CT molecular complexity index is 357. The van der Waals surface area contributed by atoms with E-state index < -0.39 is 0 Å². The second-order valence-corrected chi connectivity index (χ2v) is 5.02. The number of hydrogen-bond acceptors (Lipinski definition) is 3. The molecule has 1 N–H and O–H groups in total. The van der Waals surface area contributed by atoms with Crippen LogP contribution in [-0.4, -0.2) is 25.2 Å². The lowest BCUT2D eigenvalue weighted by Gasteiger charge is -2.11. The smallest absolute Gasteiger partial charge is 0.124 e. The molecule has 1 aromatic carbocycles. The Morgan fingerprint density at radius 2 is 2.35 bits per heavy atom. The van der Waals surface area contributed by atoms with E-state index in [0.717, 1.165) is 40.9 Å². The van der Waals surface area contributed by atoms with Gasteiger partial charge in [0.2, 0.25) is 0 Å². The summed E-state index contributed by atoms with van der Waals surface area (Å²) in [5.41, 5.74) is 1.02. The fraction of sp³-hybridized carbons (Fsp3) is 0.385. The van der Waals surface area contributed by atoms with Crippen LogP contribution in [0, 0.1) is 0 Å². The third-order valence-electron chi connectivity index (χ3n) is 2.26. The van der Waals surface area contributed by atoms with Crippen molar-refractivity contribution in [3.8, 4) is 5.75 Å². The van der Waals surface area contributed by atoms with Gasteiger partial charge in [-0.05, 0) is 12.1 Å². The highest BCUT2D eigenvalue weighted by atomic mass is 35.5. The molecule has 17 heavy (non-hydrogen) atoms. The van der Waals surface area contributed by atoms with Crippen molar-refractivity contribution in [2.75, 3.05) is 25.2 Å². The number of ether oxygens (including phenoxy) is 1. The molecule has 0 aliphatic carbocycles. The Morgan fingerprint density at radius 3 is 3.06 bits per heavy atom. The molecule has 0 fully saturated rings. The van der Waals surface area contributed by atoms with E-state index in [-0.39, 0.29) is 0 Å². The van der Waals surface area contributed by atoms with Crippen LogP contribution in [-0.2, 0) is 6.54 Å². The van der Waals surface area contributed by atoms with Crippen LogP contribution in [0.3, 0.4) is 0 Å². The molecule has 0 saturated carbocycles. The standard InChI is InChI=1S/C13H18ClNOS/c1-3-8-17-9-7-15-10-11-12(14)5-4-6-13(11)16-2/h3-6,15H,1,7-10H2,2H3. The van der Waals surface area contributed by atoms with E-state index in [2.05, 4.69) is 11.9 Å². The van der Waals surface area contributed by atoms with Crippen LogP contribution in [0.4, 0.5) is 0 Å². The van der Waals surface area contributed by atoms with Crippen LogP contribution in [0.25, 0.3) is 0 Å². The predicted molar refractivity (Wildman–Crippen MR) is 77.2 cm³/mol. The van der Waals surface area contributed by atoms with Gasteiger partial charge in [-0.25, -0.2) is 0 Å². The molecule has 0 spiro atoms. The topological polar surface area (TPSA) is 21.3 Å². The number of thioether (sulfide) groups is 1. The predicted octanol–water partition coefficient (Wildman–Crippen LogP) is 3.36. The molecule has 1 aromatic rings. The molecule has 0 unspecified atom stereocenters. The lowest BCUT2D eigenvalue weighted by molar-refractivity contribution is 0.408. The van der Waals surface area contributed by atoms with Crippen LogP contribution in [0.1, 0.15) is 5.56 Å². The number of rotatable bonds is 8. The van der Waals surface area contributed by atoms with E-state index >= 15 is 0 Å². The van der Waals surface area contributed by atoms with Crippen molar-refractivity contribution in [2.45, 2.75) is 6.54 Å². The summed E-state index contributed by atoms with van der Waals surface area (Å²) in [5.74, 6) is 2.90. The van der Waals surface area contributed by atoms with Crippen LogP contribution in [0.15, 0.2) is 30.9 Å². The molecule has 0 heterocycles. The molecule has 1 rings (SSSR count). The first-order valence-electron chi connectivity index (χ1n) is 5.50. The van der Waals surface area contributed by atoms with Gasteiger partial charge in [0, 0.05) is 35.2 Å². The molecular formula is C13H18ClNOS. The van der Waals surface area contributed by atoms with E-state index in [1.165, 1.54) is 0 Å². The molecule has 4 heteroatoms. The highest BCUT2D eigenvalue weighted by Crippen LogP contribution is 2.25. The molecule has 0 aliphatic rings. The van der Waals surface area contributed by atoms with Crippen molar-refractivity contribution in [1.82, 2.24) is 5.32 Å². The molecule has 94 valence electrons. The average Bonchev–Trinajstić information content (AvgIpc) is 2.35. The van der Waals surface area contributed by atoms with Crippen LogP contribution >= 0.6 is 23.4 Å². The molecule has 0 aromatic heterocycles. The Hall–Kier alpha value is -0.640. The van der Waals surface area contributed by atoms with E-state index in [1.54, 1.807) is 7.11 Å². The molecule has 0 aliphatic heterocycles. The van der Waals surface area contributed by atoms with E-state index in [1.807, 2.05) is 36.0 Å². The fourth-order valence-electron chi connectivity index (χ4n) is 1.43. The van der Waals surface area contributed by atoms with Gasteiger partial charge in [0.15, 0.2) is 0 Å². The first-order chi connectivity index (χ1) is 8.29. The van der Waals surface area contributed by atoms with Crippen LogP contribution in [0.5, 0.6) is 5.75 Å². The second-order valence-electron chi connectivity index (χ2n) is 3.46. The van der Waals surface area contributed by atoms with Crippen molar-refractivity contribution in [2.24, 2.45) is 0 Å².